The third kappa shape index (κ3) is 2.43. The van der Waals surface area contributed by atoms with E-state index >= 15 is 0 Å². The van der Waals surface area contributed by atoms with Crippen LogP contribution in [0.15, 0.2) is 59.2 Å². The lowest BCUT2D eigenvalue weighted by Crippen LogP contribution is -2.48. The number of quaternary nitrogens is 1. The Morgan fingerprint density at radius 2 is 1.74 bits per heavy atom. The zero-order valence-corrected chi connectivity index (χ0v) is 15.3. The molecule has 2 aromatic carbocycles. The normalized spacial score (nSPS) is 26.3. The largest absolute Gasteiger partial charge is 0.292 e. The van der Waals surface area contributed by atoms with Crippen molar-refractivity contribution in [2.75, 3.05) is 18.5 Å². The molecule has 0 bridgehead atoms. The summed E-state index contributed by atoms with van der Waals surface area (Å²) in [5.74, 6) is 0. The summed E-state index contributed by atoms with van der Waals surface area (Å²) >= 11 is 3.54. The molecule has 2 aliphatic heterocycles. The van der Waals surface area contributed by atoms with Crippen molar-refractivity contribution < 1.29 is 4.48 Å². The number of halogens is 1. The average molecular weight is 370 g/mol. The van der Waals surface area contributed by atoms with Crippen LogP contribution in [0, 0.1) is 6.92 Å². The summed E-state index contributed by atoms with van der Waals surface area (Å²) in [6.07, 6.45) is 5.43. The zero-order chi connectivity index (χ0) is 16.0. The molecular formula is C20H22BrN2+. The van der Waals surface area contributed by atoms with Gasteiger partial charge in [-0.15, -0.1) is 0 Å². The highest BCUT2D eigenvalue weighted by Crippen LogP contribution is 2.44. The molecule has 0 aliphatic carbocycles. The summed E-state index contributed by atoms with van der Waals surface area (Å²) in [4.78, 5) is 2.48. The van der Waals surface area contributed by atoms with Crippen molar-refractivity contribution in [2.24, 2.45) is 0 Å². The second-order valence-corrected chi connectivity index (χ2v) is 7.79. The lowest BCUT2D eigenvalue weighted by atomic mass is 10.1. The van der Waals surface area contributed by atoms with Crippen molar-refractivity contribution in [3.63, 3.8) is 0 Å². The minimum atomic E-state index is 0.521. The zero-order valence-electron chi connectivity index (χ0n) is 13.7. The van der Waals surface area contributed by atoms with Gasteiger partial charge in [0.25, 0.3) is 0 Å². The Bertz CT molecular complexity index is 748. The van der Waals surface area contributed by atoms with Crippen molar-refractivity contribution >= 4 is 27.3 Å². The lowest BCUT2D eigenvalue weighted by molar-refractivity contribution is -0.845. The predicted molar refractivity (Wildman–Crippen MR) is 99.9 cm³/mol. The molecular weight excluding hydrogens is 348 g/mol. The maximum absolute atomic E-state index is 3.54. The molecule has 0 radical (unpaired) electrons. The third-order valence-corrected chi connectivity index (χ3v) is 5.88. The maximum Gasteiger partial charge on any atom is 0.173 e. The molecule has 2 aliphatic rings. The van der Waals surface area contributed by atoms with Gasteiger partial charge in [-0.1, -0.05) is 33.6 Å². The van der Waals surface area contributed by atoms with Gasteiger partial charge in [0.15, 0.2) is 11.9 Å². The minimum Gasteiger partial charge on any atom is -0.292 e. The molecule has 2 unspecified atom stereocenters. The van der Waals surface area contributed by atoms with Gasteiger partial charge in [-0.3, -0.25) is 9.38 Å². The van der Waals surface area contributed by atoms with Crippen LogP contribution in [0.5, 0.6) is 0 Å². The fraction of sp³-hybridized carbons (Fsp3) is 0.300. The lowest BCUT2D eigenvalue weighted by Gasteiger charge is -2.34. The predicted octanol–water partition coefficient (Wildman–Crippen LogP) is 5.14. The van der Waals surface area contributed by atoms with E-state index in [1.54, 1.807) is 0 Å². The molecule has 118 valence electrons. The minimum absolute atomic E-state index is 0.521. The Kier molecular flexibility index (Phi) is 3.58. The second kappa shape index (κ2) is 5.50. The van der Waals surface area contributed by atoms with E-state index in [1.165, 1.54) is 41.9 Å². The highest BCUT2D eigenvalue weighted by atomic mass is 79.9. The molecule has 2 aromatic rings. The molecule has 4 rings (SSSR count). The van der Waals surface area contributed by atoms with Crippen LogP contribution in [0.1, 0.15) is 24.0 Å². The molecule has 2 nitrogen and oxygen atoms in total. The van der Waals surface area contributed by atoms with Gasteiger partial charge < -0.3 is 0 Å². The van der Waals surface area contributed by atoms with Gasteiger partial charge in [0.2, 0.25) is 0 Å². The molecule has 2 atom stereocenters. The van der Waals surface area contributed by atoms with Gasteiger partial charge in [-0.05, 0) is 43.3 Å². The SMILES string of the molecule is Cc1ccc(C2=CN(c3ccc(Br)cc3)C3CCC[N+]23C)cc1. The Labute approximate surface area is 146 Å². The van der Waals surface area contributed by atoms with Crippen molar-refractivity contribution in [3.8, 4) is 0 Å². The number of benzene rings is 2. The van der Waals surface area contributed by atoms with Crippen LogP contribution >= 0.6 is 15.9 Å². The Morgan fingerprint density at radius 1 is 1.04 bits per heavy atom. The number of hydrogen-bond donors (Lipinski definition) is 0. The summed E-state index contributed by atoms with van der Waals surface area (Å²) in [5.41, 5.74) is 5.39. The molecule has 0 N–H and O–H groups in total. The van der Waals surface area contributed by atoms with Crippen LogP contribution in [0.4, 0.5) is 5.69 Å². The quantitative estimate of drug-likeness (QED) is 0.662. The molecule has 2 heterocycles. The van der Waals surface area contributed by atoms with Crippen LogP contribution < -0.4 is 4.90 Å². The fourth-order valence-corrected chi connectivity index (χ4v) is 4.30. The Balaban J connectivity index is 1.79. The number of aryl methyl sites for hydroxylation is 1. The standard InChI is InChI=1S/C20H22BrN2/c1-15-5-7-16(8-6-15)19-14-22(18-11-9-17(21)10-12-18)20-4-3-13-23(19,20)2/h5-12,14,20H,3-4,13H2,1-2H3/q+1. The first-order valence-corrected chi connectivity index (χ1v) is 9.06. The number of anilines is 1. The number of fused-ring (bicyclic) bond motifs is 1. The molecule has 0 amide bonds. The van der Waals surface area contributed by atoms with Crippen LogP contribution in [-0.2, 0) is 0 Å². The summed E-state index contributed by atoms with van der Waals surface area (Å²) in [6.45, 7) is 3.37. The van der Waals surface area contributed by atoms with E-state index in [0.717, 1.165) is 8.96 Å². The van der Waals surface area contributed by atoms with Crippen molar-refractivity contribution in [3.05, 3.63) is 70.3 Å². The topological polar surface area (TPSA) is 3.24 Å². The van der Waals surface area contributed by atoms with E-state index < -0.39 is 0 Å². The number of hydrogen-bond acceptors (Lipinski definition) is 1. The van der Waals surface area contributed by atoms with Gasteiger partial charge in [0.05, 0.1) is 19.8 Å². The van der Waals surface area contributed by atoms with E-state index in [1.807, 2.05) is 0 Å². The van der Waals surface area contributed by atoms with Crippen LogP contribution in [-0.4, -0.2) is 24.2 Å². The Hall–Kier alpha value is -1.58. The maximum atomic E-state index is 3.54. The molecule has 0 aromatic heterocycles. The molecule has 1 saturated heterocycles. The van der Waals surface area contributed by atoms with Crippen molar-refractivity contribution in [1.29, 1.82) is 0 Å². The molecule has 3 heteroatoms. The molecule has 0 spiro atoms. The summed E-state index contributed by atoms with van der Waals surface area (Å²) in [7, 11) is 2.39. The van der Waals surface area contributed by atoms with E-state index in [2.05, 4.69) is 89.5 Å². The van der Waals surface area contributed by atoms with E-state index in [4.69, 9.17) is 0 Å². The van der Waals surface area contributed by atoms with Gasteiger partial charge in [-0.2, -0.15) is 0 Å². The first-order chi connectivity index (χ1) is 11.1. The monoisotopic (exact) mass is 369 g/mol. The summed E-state index contributed by atoms with van der Waals surface area (Å²) in [5, 5.41) is 0. The van der Waals surface area contributed by atoms with Gasteiger partial charge in [-0.25, -0.2) is 0 Å². The number of nitrogens with zero attached hydrogens (tertiary/aromatic N) is 2. The molecule has 1 fully saturated rings. The molecule has 0 saturated carbocycles. The third-order valence-electron chi connectivity index (χ3n) is 5.35. The van der Waals surface area contributed by atoms with Gasteiger partial charge in [0, 0.05) is 28.6 Å². The van der Waals surface area contributed by atoms with E-state index in [-0.39, 0.29) is 0 Å². The highest BCUT2D eigenvalue weighted by Gasteiger charge is 2.50. The summed E-state index contributed by atoms with van der Waals surface area (Å²) < 4.78 is 2.16. The van der Waals surface area contributed by atoms with Gasteiger partial charge >= 0.3 is 0 Å². The molecule has 23 heavy (non-hydrogen) atoms. The van der Waals surface area contributed by atoms with Crippen molar-refractivity contribution in [1.82, 2.24) is 0 Å². The van der Waals surface area contributed by atoms with Crippen LogP contribution in [0.25, 0.3) is 5.70 Å². The number of rotatable bonds is 2. The second-order valence-electron chi connectivity index (χ2n) is 6.88. The Morgan fingerprint density at radius 3 is 2.43 bits per heavy atom. The average Bonchev–Trinajstić information content (AvgIpc) is 3.05. The first kappa shape index (κ1) is 15.0. The van der Waals surface area contributed by atoms with E-state index in [9.17, 15) is 0 Å². The first-order valence-electron chi connectivity index (χ1n) is 8.26. The van der Waals surface area contributed by atoms with Crippen LogP contribution in [0.2, 0.25) is 0 Å². The fourth-order valence-electron chi connectivity index (χ4n) is 4.03. The smallest absolute Gasteiger partial charge is 0.173 e. The summed E-state index contributed by atoms with van der Waals surface area (Å²) in [6, 6.07) is 17.7. The highest BCUT2D eigenvalue weighted by molar-refractivity contribution is 9.10. The van der Waals surface area contributed by atoms with Crippen molar-refractivity contribution in [2.45, 2.75) is 25.9 Å². The van der Waals surface area contributed by atoms with Gasteiger partial charge in [0.1, 0.15) is 0 Å². The van der Waals surface area contributed by atoms with Crippen LogP contribution in [0.3, 0.4) is 0 Å². The van der Waals surface area contributed by atoms with E-state index in [0.29, 0.717) is 6.17 Å².